The predicted octanol–water partition coefficient (Wildman–Crippen LogP) is 3.45. The number of ketones is 1. The topological polar surface area (TPSA) is 17.1 Å². The first-order valence-corrected chi connectivity index (χ1v) is 5.86. The van der Waals surface area contributed by atoms with E-state index < -0.39 is 0 Å². The van der Waals surface area contributed by atoms with Gasteiger partial charge in [0.25, 0.3) is 0 Å². The lowest BCUT2D eigenvalue weighted by Gasteiger charge is -2.11. The van der Waals surface area contributed by atoms with Gasteiger partial charge in [-0.05, 0) is 25.7 Å². The fourth-order valence-corrected chi connectivity index (χ4v) is 2.29. The van der Waals surface area contributed by atoms with Crippen molar-refractivity contribution in [3.63, 3.8) is 0 Å². The molecule has 70 valence electrons. The average Bonchev–Trinajstić information content (AvgIpc) is 2.06. The van der Waals surface area contributed by atoms with Crippen LogP contribution in [0.3, 0.4) is 0 Å². The van der Waals surface area contributed by atoms with E-state index in [1.165, 1.54) is 25.7 Å². The fraction of sp³-hybridized carbons (Fsp3) is 0.900. The van der Waals surface area contributed by atoms with E-state index >= 15 is 0 Å². The summed E-state index contributed by atoms with van der Waals surface area (Å²) < 4.78 is 0. The molecule has 0 aromatic rings. The molecule has 0 aliphatic heterocycles. The Hall–Kier alpha value is 0.150. The Morgan fingerprint density at radius 3 is 2.00 bits per heavy atom. The van der Waals surface area contributed by atoms with Crippen LogP contribution in [0.25, 0.3) is 0 Å². The van der Waals surface area contributed by atoms with Crippen LogP contribution >= 0.6 is 15.9 Å². The molecule has 0 N–H and O–H groups in total. The molecule has 0 unspecified atom stereocenters. The zero-order valence-electron chi connectivity index (χ0n) is 7.52. The highest BCUT2D eigenvalue weighted by Crippen LogP contribution is 2.20. The Bertz CT molecular complexity index is 131. The van der Waals surface area contributed by atoms with Crippen molar-refractivity contribution in [2.24, 2.45) is 0 Å². The van der Waals surface area contributed by atoms with Gasteiger partial charge in [-0.15, -0.1) is 0 Å². The van der Waals surface area contributed by atoms with Crippen LogP contribution in [0.1, 0.15) is 51.4 Å². The second-order valence-corrected chi connectivity index (χ2v) is 4.92. The van der Waals surface area contributed by atoms with Crippen LogP contribution < -0.4 is 0 Å². The Kier molecular flexibility index (Phi) is 4.89. The molecular formula is C10H17BrO. The molecular weight excluding hydrogens is 216 g/mol. The van der Waals surface area contributed by atoms with Crippen molar-refractivity contribution in [3.05, 3.63) is 0 Å². The first kappa shape index (κ1) is 10.2. The number of rotatable bonds is 0. The summed E-state index contributed by atoms with van der Waals surface area (Å²) in [7, 11) is 0. The van der Waals surface area contributed by atoms with Crippen LogP contribution in [-0.2, 0) is 4.79 Å². The van der Waals surface area contributed by atoms with E-state index in [-0.39, 0.29) is 0 Å². The molecule has 0 bridgehead atoms. The molecule has 0 aromatic heterocycles. The number of hydrogen-bond acceptors (Lipinski definition) is 1. The Morgan fingerprint density at radius 1 is 1.00 bits per heavy atom. The van der Waals surface area contributed by atoms with E-state index in [4.69, 9.17) is 0 Å². The zero-order valence-corrected chi connectivity index (χ0v) is 9.11. The summed E-state index contributed by atoms with van der Waals surface area (Å²) in [6.07, 6.45) is 8.74. The molecule has 0 heterocycles. The van der Waals surface area contributed by atoms with Crippen LogP contribution in [0, 0.1) is 0 Å². The average molecular weight is 233 g/mol. The molecule has 0 saturated heterocycles. The molecule has 1 fully saturated rings. The second-order valence-electron chi connectivity index (χ2n) is 3.63. The Balaban J connectivity index is 2.25. The standard InChI is InChI=1S/C10H17BrO/c11-9-5-1-3-7-10(12)8-4-2-6-9/h9H,1-8H2. The van der Waals surface area contributed by atoms with Gasteiger partial charge in [-0.3, -0.25) is 4.79 Å². The minimum Gasteiger partial charge on any atom is -0.300 e. The van der Waals surface area contributed by atoms with Crippen molar-refractivity contribution >= 4 is 21.7 Å². The van der Waals surface area contributed by atoms with Gasteiger partial charge in [-0.25, -0.2) is 0 Å². The lowest BCUT2D eigenvalue weighted by atomic mass is 10.0. The molecule has 0 radical (unpaired) electrons. The molecule has 1 rings (SSSR count). The van der Waals surface area contributed by atoms with Gasteiger partial charge in [0.05, 0.1) is 0 Å². The monoisotopic (exact) mass is 232 g/mol. The fourth-order valence-electron chi connectivity index (χ4n) is 1.65. The first-order valence-electron chi connectivity index (χ1n) is 4.95. The molecule has 0 amide bonds. The maximum Gasteiger partial charge on any atom is 0.132 e. The number of carbonyl (C=O) groups is 1. The third-order valence-corrected chi connectivity index (χ3v) is 3.36. The van der Waals surface area contributed by atoms with Gasteiger partial charge in [0.15, 0.2) is 0 Å². The van der Waals surface area contributed by atoms with E-state index in [2.05, 4.69) is 15.9 Å². The molecule has 0 aromatic carbocycles. The largest absolute Gasteiger partial charge is 0.300 e. The lowest BCUT2D eigenvalue weighted by molar-refractivity contribution is -0.119. The van der Waals surface area contributed by atoms with E-state index in [0.717, 1.165) is 25.7 Å². The van der Waals surface area contributed by atoms with Gasteiger partial charge in [0.2, 0.25) is 0 Å². The summed E-state index contributed by atoms with van der Waals surface area (Å²) in [6.45, 7) is 0. The molecule has 1 saturated carbocycles. The summed E-state index contributed by atoms with van der Waals surface area (Å²) in [5.74, 6) is 0.475. The van der Waals surface area contributed by atoms with E-state index in [1.807, 2.05) is 0 Å². The van der Waals surface area contributed by atoms with Crippen molar-refractivity contribution in [3.8, 4) is 0 Å². The number of halogens is 1. The van der Waals surface area contributed by atoms with E-state index in [9.17, 15) is 4.79 Å². The minimum absolute atomic E-state index is 0.475. The van der Waals surface area contributed by atoms with Crippen molar-refractivity contribution < 1.29 is 4.79 Å². The normalized spacial score (nSPS) is 23.9. The smallest absolute Gasteiger partial charge is 0.132 e. The van der Waals surface area contributed by atoms with Crippen LogP contribution in [-0.4, -0.2) is 10.6 Å². The minimum atomic E-state index is 0.475. The van der Waals surface area contributed by atoms with Gasteiger partial charge >= 0.3 is 0 Å². The predicted molar refractivity (Wildman–Crippen MR) is 54.7 cm³/mol. The highest BCUT2D eigenvalue weighted by molar-refractivity contribution is 9.09. The number of Topliss-reactive ketones (excluding diaryl/α,β-unsaturated/α-hetero) is 1. The molecule has 0 spiro atoms. The van der Waals surface area contributed by atoms with Gasteiger partial charge < -0.3 is 0 Å². The lowest BCUT2D eigenvalue weighted by Crippen LogP contribution is -2.04. The zero-order chi connectivity index (χ0) is 8.81. The first-order chi connectivity index (χ1) is 5.79. The van der Waals surface area contributed by atoms with E-state index in [0.29, 0.717) is 10.6 Å². The molecule has 2 heteroatoms. The summed E-state index contributed by atoms with van der Waals surface area (Å²) in [6, 6.07) is 0. The third kappa shape index (κ3) is 4.24. The maximum absolute atomic E-state index is 11.2. The number of alkyl halides is 1. The molecule has 1 nitrogen and oxygen atoms in total. The van der Waals surface area contributed by atoms with Crippen molar-refractivity contribution in [1.29, 1.82) is 0 Å². The SMILES string of the molecule is O=C1CCCCC(Br)CCCC1. The highest BCUT2D eigenvalue weighted by atomic mass is 79.9. The van der Waals surface area contributed by atoms with Gasteiger partial charge in [0, 0.05) is 17.7 Å². The summed E-state index contributed by atoms with van der Waals surface area (Å²) in [5, 5.41) is 0. The van der Waals surface area contributed by atoms with Gasteiger partial charge in [-0.1, -0.05) is 28.8 Å². The third-order valence-electron chi connectivity index (χ3n) is 2.45. The van der Waals surface area contributed by atoms with Crippen molar-refractivity contribution in [1.82, 2.24) is 0 Å². The Morgan fingerprint density at radius 2 is 1.50 bits per heavy atom. The summed E-state index contributed by atoms with van der Waals surface area (Å²) in [4.78, 5) is 11.9. The molecule has 12 heavy (non-hydrogen) atoms. The van der Waals surface area contributed by atoms with Crippen LogP contribution in [0.15, 0.2) is 0 Å². The summed E-state index contributed by atoms with van der Waals surface area (Å²) in [5.41, 5.74) is 0. The summed E-state index contributed by atoms with van der Waals surface area (Å²) >= 11 is 3.66. The molecule has 1 aliphatic carbocycles. The van der Waals surface area contributed by atoms with Crippen molar-refractivity contribution in [2.45, 2.75) is 56.2 Å². The molecule has 0 atom stereocenters. The van der Waals surface area contributed by atoms with Crippen LogP contribution in [0.5, 0.6) is 0 Å². The Labute approximate surface area is 83.0 Å². The van der Waals surface area contributed by atoms with Gasteiger partial charge in [-0.2, -0.15) is 0 Å². The van der Waals surface area contributed by atoms with Crippen LogP contribution in [0.2, 0.25) is 0 Å². The van der Waals surface area contributed by atoms with Gasteiger partial charge in [0.1, 0.15) is 5.78 Å². The maximum atomic E-state index is 11.2. The second kappa shape index (κ2) is 5.74. The van der Waals surface area contributed by atoms with E-state index in [1.54, 1.807) is 0 Å². The molecule has 1 aliphatic rings. The van der Waals surface area contributed by atoms with Crippen LogP contribution in [0.4, 0.5) is 0 Å². The quantitative estimate of drug-likeness (QED) is 0.585. The number of carbonyl (C=O) groups excluding carboxylic acids is 1. The van der Waals surface area contributed by atoms with Crippen molar-refractivity contribution in [2.75, 3.05) is 0 Å². The highest BCUT2D eigenvalue weighted by Gasteiger charge is 2.08. The number of hydrogen-bond donors (Lipinski definition) is 0.